The van der Waals surface area contributed by atoms with Crippen molar-refractivity contribution >= 4 is 17.8 Å². The molecule has 1 aromatic rings. The Bertz CT molecular complexity index is 457. The topological polar surface area (TPSA) is 81.7 Å². The Morgan fingerprint density at radius 2 is 1.84 bits per heavy atom. The molecule has 0 spiro atoms. The fourth-order valence-electron chi connectivity index (χ4n) is 1.28. The van der Waals surface area contributed by atoms with Crippen LogP contribution in [-0.2, 0) is 25.7 Å². The number of hydrogen-bond donors (Lipinski definition) is 1. The van der Waals surface area contributed by atoms with E-state index < -0.39 is 23.9 Å². The van der Waals surface area contributed by atoms with Crippen molar-refractivity contribution < 1.29 is 23.9 Å². The number of carbonyl (C=O) groups excluding carboxylic acids is 3. The molecule has 0 fully saturated rings. The van der Waals surface area contributed by atoms with Gasteiger partial charge in [0.15, 0.2) is 0 Å². The second-order valence-electron chi connectivity index (χ2n) is 3.78. The molecule has 19 heavy (non-hydrogen) atoms. The molecule has 0 unspecified atom stereocenters. The fraction of sp³-hybridized carbons (Fsp3) is 0.308. The lowest BCUT2D eigenvalue weighted by atomic mass is 10.2. The molecular weight excluding hydrogens is 250 g/mol. The van der Waals surface area contributed by atoms with Gasteiger partial charge in [-0.25, -0.2) is 9.59 Å². The molecule has 6 nitrogen and oxygen atoms in total. The molecule has 0 saturated heterocycles. The fourth-order valence-corrected chi connectivity index (χ4v) is 1.28. The first-order chi connectivity index (χ1) is 9.04. The number of hydrogen-bond acceptors (Lipinski definition) is 5. The number of ketones is 1. The molecule has 0 radical (unpaired) electrons. The van der Waals surface area contributed by atoms with Crippen molar-refractivity contribution in [2.24, 2.45) is 0 Å². The minimum atomic E-state index is -1.00. The number of benzene rings is 1. The van der Waals surface area contributed by atoms with E-state index in [4.69, 9.17) is 4.74 Å². The summed E-state index contributed by atoms with van der Waals surface area (Å²) in [6, 6.07) is 8.10. The van der Waals surface area contributed by atoms with Gasteiger partial charge in [0.2, 0.25) is 0 Å². The van der Waals surface area contributed by atoms with Gasteiger partial charge in [-0.1, -0.05) is 30.3 Å². The Hall–Kier alpha value is -2.37. The van der Waals surface area contributed by atoms with Gasteiger partial charge in [-0.05, 0) is 12.5 Å². The van der Waals surface area contributed by atoms with Gasteiger partial charge < -0.3 is 14.8 Å². The molecule has 1 N–H and O–H groups in total. The predicted octanol–water partition coefficient (Wildman–Crippen LogP) is 1.04. The van der Waals surface area contributed by atoms with Crippen LogP contribution in [0.1, 0.15) is 12.5 Å². The van der Waals surface area contributed by atoms with Crippen molar-refractivity contribution in [3.8, 4) is 0 Å². The molecule has 1 atom stereocenters. The Labute approximate surface area is 110 Å². The summed E-state index contributed by atoms with van der Waals surface area (Å²) in [5.74, 6) is -1.84. The maximum atomic E-state index is 11.4. The Balaban J connectivity index is 2.39. The summed E-state index contributed by atoms with van der Waals surface area (Å²) in [6.45, 7) is 1.47. The number of Topliss-reactive ketones (excluding diaryl/α,β-unsaturated/α-hetero) is 1. The third-order valence-electron chi connectivity index (χ3n) is 2.33. The van der Waals surface area contributed by atoms with E-state index in [9.17, 15) is 14.4 Å². The van der Waals surface area contributed by atoms with E-state index in [0.717, 1.165) is 12.7 Å². The molecule has 1 amide bonds. The zero-order chi connectivity index (χ0) is 14.3. The molecule has 0 heterocycles. The molecule has 0 saturated carbocycles. The molecular formula is C13H15NO5. The Morgan fingerprint density at radius 1 is 1.21 bits per heavy atom. The first-order valence-electron chi connectivity index (χ1n) is 5.64. The summed E-state index contributed by atoms with van der Waals surface area (Å²) in [4.78, 5) is 33.7. The molecule has 0 aromatic heterocycles. The van der Waals surface area contributed by atoms with E-state index in [2.05, 4.69) is 10.1 Å². The van der Waals surface area contributed by atoms with Gasteiger partial charge in [0.05, 0.1) is 13.2 Å². The second kappa shape index (κ2) is 7.15. The summed E-state index contributed by atoms with van der Waals surface area (Å²) in [5.41, 5.74) is 0.824. The average molecular weight is 265 g/mol. The molecule has 0 aliphatic carbocycles. The maximum absolute atomic E-state index is 11.4. The normalized spacial score (nSPS) is 11.3. The van der Waals surface area contributed by atoms with Crippen LogP contribution in [0, 0.1) is 0 Å². The van der Waals surface area contributed by atoms with Crippen LogP contribution in [0.2, 0.25) is 0 Å². The zero-order valence-corrected chi connectivity index (χ0v) is 10.7. The molecule has 102 valence electrons. The molecule has 0 aliphatic heterocycles. The van der Waals surface area contributed by atoms with E-state index >= 15 is 0 Å². The molecule has 0 bridgehead atoms. The highest BCUT2D eigenvalue weighted by molar-refractivity contribution is 6.35. The number of nitrogens with one attached hydrogen (secondary N) is 1. The zero-order valence-electron chi connectivity index (χ0n) is 10.7. The number of alkyl carbamates (subject to hydrolysis) is 1. The van der Waals surface area contributed by atoms with Crippen LogP contribution in [0.3, 0.4) is 0 Å². The van der Waals surface area contributed by atoms with Crippen molar-refractivity contribution in [1.29, 1.82) is 0 Å². The van der Waals surface area contributed by atoms with Crippen LogP contribution in [0.5, 0.6) is 0 Å². The summed E-state index contributed by atoms with van der Waals surface area (Å²) < 4.78 is 9.17. The van der Waals surface area contributed by atoms with Crippen molar-refractivity contribution in [2.45, 2.75) is 19.6 Å². The number of methoxy groups -OCH3 is 1. The average Bonchev–Trinajstić information content (AvgIpc) is 2.44. The smallest absolute Gasteiger partial charge is 0.408 e. The molecule has 1 aromatic carbocycles. The number of amides is 1. The van der Waals surface area contributed by atoms with E-state index in [1.807, 2.05) is 18.2 Å². The minimum Gasteiger partial charge on any atom is -0.463 e. The first kappa shape index (κ1) is 14.7. The highest BCUT2D eigenvalue weighted by atomic mass is 16.5. The maximum Gasteiger partial charge on any atom is 0.408 e. The lowest BCUT2D eigenvalue weighted by Crippen LogP contribution is -2.42. The monoisotopic (exact) mass is 265 g/mol. The lowest BCUT2D eigenvalue weighted by Gasteiger charge is -2.11. The second-order valence-corrected chi connectivity index (χ2v) is 3.78. The molecule has 0 aliphatic rings. The van der Waals surface area contributed by atoms with Crippen LogP contribution in [0.4, 0.5) is 4.79 Å². The third kappa shape index (κ3) is 4.79. The number of esters is 1. The van der Waals surface area contributed by atoms with Crippen molar-refractivity contribution in [3.63, 3.8) is 0 Å². The van der Waals surface area contributed by atoms with Gasteiger partial charge in [0.25, 0.3) is 5.78 Å². The summed E-state index contributed by atoms with van der Waals surface area (Å²) in [5, 5.41) is 2.25. The molecule has 1 rings (SSSR count). The van der Waals surface area contributed by atoms with Gasteiger partial charge in [-0.2, -0.15) is 0 Å². The summed E-state index contributed by atoms with van der Waals surface area (Å²) >= 11 is 0. The Morgan fingerprint density at radius 3 is 2.42 bits per heavy atom. The predicted molar refractivity (Wildman–Crippen MR) is 66.2 cm³/mol. The summed E-state index contributed by atoms with van der Waals surface area (Å²) in [6.07, 6.45) is -0.770. The standard InChI is InChI=1S/C13H15NO5/c1-9(11(15)12(16)18-2)14-13(17)19-8-10-6-4-3-5-7-10/h3-7,9H,8H2,1-2H3,(H,14,17)/t9-/m0/s1. The van der Waals surface area contributed by atoms with E-state index in [1.54, 1.807) is 12.1 Å². The lowest BCUT2D eigenvalue weighted by molar-refractivity contribution is -0.152. The molecule has 6 heteroatoms. The van der Waals surface area contributed by atoms with Crippen LogP contribution in [0.25, 0.3) is 0 Å². The van der Waals surface area contributed by atoms with Gasteiger partial charge in [0.1, 0.15) is 6.61 Å². The first-order valence-corrected chi connectivity index (χ1v) is 5.64. The van der Waals surface area contributed by atoms with Crippen LogP contribution >= 0.6 is 0 Å². The van der Waals surface area contributed by atoms with Crippen LogP contribution < -0.4 is 5.32 Å². The third-order valence-corrected chi connectivity index (χ3v) is 2.33. The minimum absolute atomic E-state index is 0.0891. The van der Waals surface area contributed by atoms with E-state index in [0.29, 0.717) is 0 Å². The van der Waals surface area contributed by atoms with Gasteiger partial charge in [0, 0.05) is 0 Å². The van der Waals surface area contributed by atoms with Gasteiger partial charge >= 0.3 is 12.1 Å². The van der Waals surface area contributed by atoms with Crippen LogP contribution in [-0.4, -0.2) is 31.0 Å². The van der Waals surface area contributed by atoms with Crippen molar-refractivity contribution in [1.82, 2.24) is 5.32 Å². The van der Waals surface area contributed by atoms with Crippen molar-refractivity contribution in [3.05, 3.63) is 35.9 Å². The number of rotatable bonds is 5. The van der Waals surface area contributed by atoms with E-state index in [1.165, 1.54) is 6.92 Å². The van der Waals surface area contributed by atoms with Crippen LogP contribution in [0.15, 0.2) is 30.3 Å². The highest BCUT2D eigenvalue weighted by Crippen LogP contribution is 2.00. The SMILES string of the molecule is COC(=O)C(=O)[C@H](C)NC(=O)OCc1ccccc1. The Kier molecular flexibility index (Phi) is 5.53. The van der Waals surface area contributed by atoms with Gasteiger partial charge in [-0.15, -0.1) is 0 Å². The van der Waals surface area contributed by atoms with Gasteiger partial charge in [-0.3, -0.25) is 4.79 Å². The summed E-state index contributed by atoms with van der Waals surface area (Å²) in [7, 11) is 1.10. The number of ether oxygens (including phenoxy) is 2. The number of carbonyl (C=O) groups is 3. The van der Waals surface area contributed by atoms with E-state index in [-0.39, 0.29) is 6.61 Å². The van der Waals surface area contributed by atoms with Crippen molar-refractivity contribution in [2.75, 3.05) is 7.11 Å². The largest absolute Gasteiger partial charge is 0.463 e. The quantitative estimate of drug-likeness (QED) is 0.635. The highest BCUT2D eigenvalue weighted by Gasteiger charge is 2.23.